The second-order valence-electron chi connectivity index (χ2n) is 5.02. The molecule has 1 atom stereocenters. The second-order valence-corrected chi connectivity index (χ2v) is 5.02. The van der Waals surface area contributed by atoms with Crippen LogP contribution >= 0.6 is 0 Å². The fraction of sp³-hybridized carbons (Fsp3) is 0.438. The van der Waals surface area contributed by atoms with Gasteiger partial charge in [0, 0.05) is 12.6 Å². The second kappa shape index (κ2) is 6.85. The fourth-order valence-electron chi connectivity index (χ4n) is 2.65. The molecule has 1 aromatic carbocycles. The van der Waals surface area contributed by atoms with Gasteiger partial charge in [-0.1, -0.05) is 25.1 Å². The summed E-state index contributed by atoms with van der Waals surface area (Å²) in [4.78, 5) is 0. The fourth-order valence-corrected chi connectivity index (χ4v) is 2.65. The molecule has 21 heavy (non-hydrogen) atoms. The molecule has 1 N–H and O–H groups in total. The molecular formula is C16H21N3O2. The van der Waals surface area contributed by atoms with Gasteiger partial charge in [0.1, 0.15) is 0 Å². The van der Waals surface area contributed by atoms with Crippen molar-refractivity contribution in [3.8, 4) is 5.69 Å². The summed E-state index contributed by atoms with van der Waals surface area (Å²) in [7, 11) is 0. The van der Waals surface area contributed by atoms with Gasteiger partial charge in [0.25, 0.3) is 0 Å². The van der Waals surface area contributed by atoms with E-state index < -0.39 is 0 Å². The maximum atomic E-state index is 5.58. The van der Waals surface area contributed by atoms with Crippen LogP contribution in [0, 0.1) is 0 Å². The molecule has 1 aromatic heterocycles. The van der Waals surface area contributed by atoms with E-state index in [4.69, 9.17) is 9.47 Å². The van der Waals surface area contributed by atoms with Crippen molar-refractivity contribution in [2.24, 2.45) is 0 Å². The lowest BCUT2D eigenvalue weighted by molar-refractivity contribution is -0.0532. The van der Waals surface area contributed by atoms with E-state index in [2.05, 4.69) is 35.5 Å². The lowest BCUT2D eigenvalue weighted by atomic mass is 10.1. The zero-order chi connectivity index (χ0) is 14.5. The Bertz CT molecular complexity index is 550. The molecule has 112 valence electrons. The largest absolute Gasteiger partial charge is 0.350 e. The lowest BCUT2D eigenvalue weighted by Crippen LogP contribution is -2.27. The highest BCUT2D eigenvalue weighted by molar-refractivity contribution is 5.33. The van der Waals surface area contributed by atoms with Crippen molar-refractivity contribution in [1.29, 1.82) is 0 Å². The molecule has 5 heteroatoms. The first-order chi connectivity index (χ1) is 10.4. The van der Waals surface area contributed by atoms with Gasteiger partial charge in [0.05, 0.1) is 30.6 Å². The normalized spacial score (nSPS) is 17.2. The van der Waals surface area contributed by atoms with Crippen molar-refractivity contribution in [1.82, 2.24) is 15.1 Å². The Kier molecular flexibility index (Phi) is 4.65. The van der Waals surface area contributed by atoms with Crippen LogP contribution in [0.1, 0.15) is 25.1 Å². The van der Waals surface area contributed by atoms with Crippen molar-refractivity contribution in [2.45, 2.75) is 25.7 Å². The Balaban J connectivity index is 1.84. The van der Waals surface area contributed by atoms with Gasteiger partial charge in [-0.25, -0.2) is 4.68 Å². The summed E-state index contributed by atoms with van der Waals surface area (Å²) in [5.41, 5.74) is 2.19. The molecule has 2 heterocycles. The number of hydrogen-bond donors (Lipinski definition) is 1. The number of nitrogens with zero attached hydrogens (tertiary/aromatic N) is 2. The van der Waals surface area contributed by atoms with Crippen LogP contribution in [0.4, 0.5) is 0 Å². The standard InChI is InChI=1S/C16H21N3O2/c1-2-17-14(12-16-20-10-11-21-16)15-8-9-18-19(15)13-6-4-3-5-7-13/h3-9,14,16-17H,2,10-12H2,1H3. The highest BCUT2D eigenvalue weighted by Gasteiger charge is 2.24. The number of hydrogen-bond acceptors (Lipinski definition) is 4. The van der Waals surface area contributed by atoms with Crippen molar-refractivity contribution in [2.75, 3.05) is 19.8 Å². The molecule has 1 aliphatic heterocycles. The van der Waals surface area contributed by atoms with Crippen LogP contribution in [0.15, 0.2) is 42.6 Å². The van der Waals surface area contributed by atoms with E-state index in [0.29, 0.717) is 13.2 Å². The van der Waals surface area contributed by atoms with Gasteiger partial charge < -0.3 is 14.8 Å². The van der Waals surface area contributed by atoms with Crippen molar-refractivity contribution in [3.63, 3.8) is 0 Å². The highest BCUT2D eigenvalue weighted by Crippen LogP contribution is 2.24. The van der Waals surface area contributed by atoms with Crippen LogP contribution in [0.5, 0.6) is 0 Å². The molecule has 0 bridgehead atoms. The highest BCUT2D eigenvalue weighted by atomic mass is 16.7. The first-order valence-corrected chi connectivity index (χ1v) is 7.44. The third kappa shape index (κ3) is 3.32. The molecule has 2 aromatic rings. The Morgan fingerprint density at radius 1 is 1.24 bits per heavy atom. The zero-order valence-electron chi connectivity index (χ0n) is 12.2. The van der Waals surface area contributed by atoms with Crippen LogP contribution in [0.2, 0.25) is 0 Å². The molecule has 1 saturated heterocycles. The Hall–Kier alpha value is -1.69. The van der Waals surface area contributed by atoms with E-state index >= 15 is 0 Å². The molecule has 0 aliphatic carbocycles. The zero-order valence-corrected chi connectivity index (χ0v) is 12.2. The summed E-state index contributed by atoms with van der Waals surface area (Å²) in [5, 5.41) is 7.96. The Labute approximate surface area is 124 Å². The molecule has 1 unspecified atom stereocenters. The number of ether oxygens (including phenoxy) is 2. The average Bonchev–Trinajstić information content (AvgIpc) is 3.19. The molecule has 0 spiro atoms. The smallest absolute Gasteiger partial charge is 0.159 e. The molecule has 1 aliphatic rings. The summed E-state index contributed by atoms with van der Waals surface area (Å²) in [6.07, 6.45) is 2.49. The van der Waals surface area contributed by atoms with Gasteiger partial charge in [-0.05, 0) is 24.7 Å². The van der Waals surface area contributed by atoms with Crippen LogP contribution in [0.25, 0.3) is 5.69 Å². The summed E-state index contributed by atoms with van der Waals surface area (Å²) < 4.78 is 13.1. The Morgan fingerprint density at radius 2 is 2.00 bits per heavy atom. The van der Waals surface area contributed by atoms with E-state index in [1.807, 2.05) is 29.1 Å². The molecule has 0 saturated carbocycles. The quantitative estimate of drug-likeness (QED) is 0.885. The minimum Gasteiger partial charge on any atom is -0.350 e. The van der Waals surface area contributed by atoms with Crippen molar-refractivity contribution in [3.05, 3.63) is 48.3 Å². The van der Waals surface area contributed by atoms with E-state index in [9.17, 15) is 0 Å². The van der Waals surface area contributed by atoms with Gasteiger partial charge >= 0.3 is 0 Å². The average molecular weight is 287 g/mol. The number of benzene rings is 1. The first kappa shape index (κ1) is 14.3. The molecule has 0 amide bonds. The van der Waals surface area contributed by atoms with Crippen molar-refractivity contribution >= 4 is 0 Å². The maximum absolute atomic E-state index is 5.58. The van der Waals surface area contributed by atoms with Gasteiger partial charge in [-0.2, -0.15) is 5.10 Å². The number of rotatable bonds is 6. The summed E-state index contributed by atoms with van der Waals surface area (Å²) in [6.45, 7) is 4.35. The maximum Gasteiger partial charge on any atom is 0.159 e. The van der Waals surface area contributed by atoms with Crippen LogP contribution < -0.4 is 5.32 Å². The predicted octanol–water partition coefficient (Wildman–Crippen LogP) is 2.29. The summed E-state index contributed by atoms with van der Waals surface area (Å²) in [5.74, 6) is 0. The minimum absolute atomic E-state index is 0.131. The van der Waals surface area contributed by atoms with Crippen molar-refractivity contribution < 1.29 is 9.47 Å². The van der Waals surface area contributed by atoms with E-state index in [1.165, 1.54) is 0 Å². The van der Waals surface area contributed by atoms with Crippen LogP contribution in [-0.4, -0.2) is 35.8 Å². The molecular weight excluding hydrogens is 266 g/mol. The molecule has 5 nitrogen and oxygen atoms in total. The number of aromatic nitrogens is 2. The third-order valence-corrected chi connectivity index (χ3v) is 3.60. The lowest BCUT2D eigenvalue weighted by Gasteiger charge is -2.22. The first-order valence-electron chi connectivity index (χ1n) is 7.44. The topological polar surface area (TPSA) is 48.3 Å². The van der Waals surface area contributed by atoms with Gasteiger partial charge in [-0.15, -0.1) is 0 Å². The predicted molar refractivity (Wildman–Crippen MR) is 80.3 cm³/mol. The number of nitrogens with one attached hydrogen (secondary N) is 1. The van der Waals surface area contributed by atoms with Gasteiger partial charge in [0.2, 0.25) is 0 Å². The molecule has 1 fully saturated rings. The number of para-hydroxylation sites is 1. The third-order valence-electron chi connectivity index (χ3n) is 3.60. The molecule has 0 radical (unpaired) electrons. The van der Waals surface area contributed by atoms with Crippen LogP contribution in [0.3, 0.4) is 0 Å². The molecule has 3 rings (SSSR count). The SMILES string of the molecule is CCNC(CC1OCCO1)c1ccnn1-c1ccccc1. The summed E-state index contributed by atoms with van der Waals surface area (Å²) >= 11 is 0. The summed E-state index contributed by atoms with van der Waals surface area (Å²) in [6, 6.07) is 12.4. The van der Waals surface area contributed by atoms with Gasteiger partial charge in [-0.3, -0.25) is 0 Å². The van der Waals surface area contributed by atoms with Crippen LogP contribution in [-0.2, 0) is 9.47 Å². The Morgan fingerprint density at radius 3 is 2.71 bits per heavy atom. The van der Waals surface area contributed by atoms with E-state index in [-0.39, 0.29) is 12.3 Å². The van der Waals surface area contributed by atoms with E-state index in [0.717, 1.165) is 24.3 Å². The van der Waals surface area contributed by atoms with E-state index in [1.54, 1.807) is 0 Å². The van der Waals surface area contributed by atoms with Gasteiger partial charge in [0.15, 0.2) is 6.29 Å². The monoisotopic (exact) mass is 287 g/mol. The minimum atomic E-state index is -0.131.